The number of halogens is 1. The Balaban J connectivity index is 1.56. The van der Waals surface area contributed by atoms with E-state index in [1.54, 1.807) is 12.1 Å². The maximum atomic E-state index is 13.0. The van der Waals surface area contributed by atoms with Gasteiger partial charge in [-0.1, -0.05) is 6.92 Å². The fraction of sp³-hybridized carbons (Fsp3) is 0.263. The fourth-order valence-electron chi connectivity index (χ4n) is 2.26. The molecule has 3 rings (SSSR count). The van der Waals surface area contributed by atoms with Gasteiger partial charge in [0.15, 0.2) is 0 Å². The molecule has 0 unspecified atom stereocenters. The molecule has 3 aromatic rings. The van der Waals surface area contributed by atoms with Gasteiger partial charge in [-0.15, -0.1) is 5.10 Å². The minimum absolute atomic E-state index is 0.146. The Hall–Kier alpha value is -3.09. The Morgan fingerprint density at radius 1 is 1.00 bits per heavy atom. The molecule has 6 nitrogen and oxygen atoms in total. The lowest BCUT2D eigenvalue weighted by atomic mass is 10.2. The van der Waals surface area contributed by atoms with Gasteiger partial charge in [0, 0.05) is 5.56 Å². The normalized spacial score (nSPS) is 10.7. The smallest absolute Gasteiger partial charge is 0.437 e. The van der Waals surface area contributed by atoms with E-state index in [2.05, 4.69) is 5.10 Å². The van der Waals surface area contributed by atoms with Crippen LogP contribution in [0.1, 0.15) is 13.3 Å². The molecule has 0 aliphatic heterocycles. The van der Waals surface area contributed by atoms with Crippen LogP contribution in [0, 0.1) is 5.82 Å². The van der Waals surface area contributed by atoms with E-state index in [1.165, 1.54) is 28.9 Å². The van der Waals surface area contributed by atoms with Crippen LogP contribution in [0.15, 0.2) is 57.7 Å². The summed E-state index contributed by atoms with van der Waals surface area (Å²) in [5.74, 6) is 0.652. The van der Waals surface area contributed by atoms with Crippen molar-refractivity contribution in [2.24, 2.45) is 0 Å². The van der Waals surface area contributed by atoms with E-state index in [9.17, 15) is 9.18 Å². The Bertz CT molecular complexity index is 885. The summed E-state index contributed by atoms with van der Waals surface area (Å²) in [6, 6.07) is 12.9. The van der Waals surface area contributed by atoms with Crippen molar-refractivity contribution in [2.45, 2.75) is 19.9 Å². The van der Waals surface area contributed by atoms with Crippen LogP contribution < -0.4 is 15.2 Å². The van der Waals surface area contributed by atoms with Gasteiger partial charge in [-0.05, 0) is 55.0 Å². The summed E-state index contributed by atoms with van der Waals surface area (Å²) in [6.45, 7) is 3.21. The molecule has 0 bridgehead atoms. The second-order valence-corrected chi connectivity index (χ2v) is 5.57. The van der Waals surface area contributed by atoms with Crippen LogP contribution in [0.2, 0.25) is 0 Å². The van der Waals surface area contributed by atoms with Crippen molar-refractivity contribution in [2.75, 3.05) is 13.2 Å². The van der Waals surface area contributed by atoms with Gasteiger partial charge in [0.25, 0.3) is 0 Å². The molecule has 0 fully saturated rings. The zero-order chi connectivity index (χ0) is 18.4. The second kappa shape index (κ2) is 8.33. The van der Waals surface area contributed by atoms with Gasteiger partial charge < -0.3 is 13.9 Å². The van der Waals surface area contributed by atoms with Crippen LogP contribution in [-0.2, 0) is 6.54 Å². The van der Waals surface area contributed by atoms with Crippen molar-refractivity contribution in [3.05, 3.63) is 64.9 Å². The minimum atomic E-state index is -0.587. The van der Waals surface area contributed by atoms with Crippen molar-refractivity contribution >= 4 is 0 Å². The number of rotatable bonds is 8. The number of hydrogen-bond donors (Lipinski definition) is 0. The number of benzene rings is 2. The molecule has 0 N–H and O–H groups in total. The first-order chi connectivity index (χ1) is 12.7. The third-order valence-electron chi connectivity index (χ3n) is 3.57. The molecule has 1 aromatic heterocycles. The van der Waals surface area contributed by atoms with E-state index in [1.807, 2.05) is 19.1 Å². The summed E-state index contributed by atoms with van der Waals surface area (Å²) in [5.41, 5.74) is 0.533. The summed E-state index contributed by atoms with van der Waals surface area (Å²) in [7, 11) is 0. The van der Waals surface area contributed by atoms with E-state index < -0.39 is 5.76 Å². The minimum Gasteiger partial charge on any atom is -0.494 e. The first-order valence-corrected chi connectivity index (χ1v) is 8.35. The molecular weight excluding hydrogens is 339 g/mol. The molecule has 0 amide bonds. The highest BCUT2D eigenvalue weighted by atomic mass is 19.1. The summed E-state index contributed by atoms with van der Waals surface area (Å²) < 4.78 is 30.3. The lowest BCUT2D eigenvalue weighted by Crippen LogP contribution is -2.20. The first kappa shape index (κ1) is 17.7. The SMILES string of the molecule is CCCOc1ccc(OCCn2nc(-c3ccc(F)cc3)oc2=O)cc1. The average Bonchev–Trinajstić information content (AvgIpc) is 3.02. The highest BCUT2D eigenvalue weighted by Crippen LogP contribution is 2.18. The number of hydrogen-bond acceptors (Lipinski definition) is 5. The van der Waals surface area contributed by atoms with Gasteiger partial charge in [0.1, 0.15) is 23.9 Å². The van der Waals surface area contributed by atoms with E-state index in [0.29, 0.717) is 17.9 Å². The van der Waals surface area contributed by atoms with Crippen LogP contribution in [0.3, 0.4) is 0 Å². The molecule has 0 aliphatic carbocycles. The summed E-state index contributed by atoms with van der Waals surface area (Å²) in [4.78, 5) is 11.9. The van der Waals surface area contributed by atoms with Crippen LogP contribution in [0.25, 0.3) is 11.5 Å². The summed E-state index contributed by atoms with van der Waals surface area (Å²) >= 11 is 0. The molecule has 136 valence electrons. The van der Waals surface area contributed by atoms with Crippen molar-refractivity contribution in [1.82, 2.24) is 9.78 Å². The third kappa shape index (κ3) is 4.50. The molecular formula is C19H19FN2O4. The standard InChI is InChI=1S/C19H19FN2O4/c1-2-12-24-16-7-9-17(10-8-16)25-13-11-22-19(23)26-18(21-22)14-3-5-15(20)6-4-14/h3-10H,2,11-13H2,1H3. The van der Waals surface area contributed by atoms with Crippen LogP contribution in [0.5, 0.6) is 11.5 Å². The maximum absolute atomic E-state index is 13.0. The van der Waals surface area contributed by atoms with Gasteiger partial charge in [-0.3, -0.25) is 0 Å². The van der Waals surface area contributed by atoms with E-state index in [4.69, 9.17) is 13.9 Å². The topological polar surface area (TPSA) is 66.5 Å². The molecule has 0 aliphatic rings. The van der Waals surface area contributed by atoms with Crippen LogP contribution >= 0.6 is 0 Å². The van der Waals surface area contributed by atoms with Crippen molar-refractivity contribution in [1.29, 1.82) is 0 Å². The van der Waals surface area contributed by atoms with Gasteiger partial charge >= 0.3 is 5.76 Å². The highest BCUT2D eigenvalue weighted by molar-refractivity contribution is 5.51. The summed E-state index contributed by atoms with van der Waals surface area (Å²) in [5, 5.41) is 4.10. The number of ether oxygens (including phenoxy) is 2. The molecule has 7 heteroatoms. The quantitative estimate of drug-likeness (QED) is 0.616. The zero-order valence-corrected chi connectivity index (χ0v) is 14.4. The van der Waals surface area contributed by atoms with Gasteiger partial charge in [0.05, 0.1) is 13.2 Å². The van der Waals surface area contributed by atoms with Gasteiger partial charge in [-0.2, -0.15) is 4.68 Å². The Morgan fingerprint density at radius 3 is 2.23 bits per heavy atom. The van der Waals surface area contributed by atoms with Crippen LogP contribution in [0.4, 0.5) is 4.39 Å². The molecule has 0 saturated carbocycles. The van der Waals surface area contributed by atoms with E-state index in [0.717, 1.165) is 12.2 Å². The molecule has 0 saturated heterocycles. The Labute approximate surface area is 149 Å². The first-order valence-electron chi connectivity index (χ1n) is 8.35. The van der Waals surface area contributed by atoms with E-state index in [-0.39, 0.29) is 24.9 Å². The molecule has 26 heavy (non-hydrogen) atoms. The zero-order valence-electron chi connectivity index (χ0n) is 14.4. The second-order valence-electron chi connectivity index (χ2n) is 5.57. The molecule has 2 aromatic carbocycles. The van der Waals surface area contributed by atoms with E-state index >= 15 is 0 Å². The van der Waals surface area contributed by atoms with Gasteiger partial charge in [0.2, 0.25) is 5.89 Å². The average molecular weight is 358 g/mol. The lowest BCUT2D eigenvalue weighted by molar-refractivity contribution is 0.283. The predicted octanol–water partition coefficient (Wildman–Crippen LogP) is 3.51. The van der Waals surface area contributed by atoms with Crippen molar-refractivity contribution < 1.29 is 18.3 Å². The molecule has 0 spiro atoms. The highest BCUT2D eigenvalue weighted by Gasteiger charge is 2.10. The molecule has 0 radical (unpaired) electrons. The number of nitrogens with zero attached hydrogens (tertiary/aromatic N) is 2. The predicted molar refractivity (Wildman–Crippen MR) is 93.9 cm³/mol. The maximum Gasteiger partial charge on any atom is 0.437 e. The third-order valence-corrected chi connectivity index (χ3v) is 3.57. The van der Waals surface area contributed by atoms with Crippen LogP contribution in [-0.4, -0.2) is 23.0 Å². The van der Waals surface area contributed by atoms with Crippen molar-refractivity contribution in [3.63, 3.8) is 0 Å². The molecule has 0 atom stereocenters. The van der Waals surface area contributed by atoms with Crippen molar-refractivity contribution in [3.8, 4) is 23.0 Å². The summed E-state index contributed by atoms with van der Waals surface area (Å²) in [6.07, 6.45) is 0.949. The molecule has 1 heterocycles. The Kier molecular flexibility index (Phi) is 5.68. The largest absolute Gasteiger partial charge is 0.494 e. The number of aromatic nitrogens is 2. The lowest BCUT2D eigenvalue weighted by Gasteiger charge is -2.07. The Morgan fingerprint density at radius 2 is 1.62 bits per heavy atom. The monoisotopic (exact) mass is 358 g/mol. The van der Waals surface area contributed by atoms with Gasteiger partial charge in [-0.25, -0.2) is 9.18 Å². The fourth-order valence-corrected chi connectivity index (χ4v) is 2.26.